The second-order valence-electron chi connectivity index (χ2n) is 6.11. The number of thioether (sulfide) groups is 1. The summed E-state index contributed by atoms with van der Waals surface area (Å²) >= 11 is 1.50. The average Bonchev–Trinajstić information content (AvgIpc) is 3.33. The lowest BCUT2D eigenvalue weighted by Crippen LogP contribution is -2.36. The van der Waals surface area contributed by atoms with Crippen molar-refractivity contribution in [3.8, 4) is 11.3 Å². The molecule has 1 unspecified atom stereocenters. The first-order chi connectivity index (χ1) is 11.7. The molecular formula is C18H23N3O2S. The largest absolute Gasteiger partial charge is 0.383 e. The monoisotopic (exact) mass is 345 g/mol. The van der Waals surface area contributed by atoms with Crippen LogP contribution in [0.5, 0.6) is 0 Å². The van der Waals surface area contributed by atoms with Crippen LogP contribution in [0.2, 0.25) is 0 Å². The second kappa shape index (κ2) is 7.85. The zero-order chi connectivity index (χ0) is 16.9. The number of methoxy groups -OCH3 is 1. The molecule has 0 radical (unpaired) electrons. The number of imidazole rings is 1. The zero-order valence-corrected chi connectivity index (χ0v) is 14.9. The Morgan fingerprint density at radius 1 is 1.42 bits per heavy atom. The predicted octanol–water partition coefficient (Wildman–Crippen LogP) is 3.13. The highest BCUT2D eigenvalue weighted by atomic mass is 32.2. The Morgan fingerprint density at radius 3 is 2.83 bits per heavy atom. The molecule has 3 rings (SSSR count). The van der Waals surface area contributed by atoms with Crippen molar-refractivity contribution in [3.05, 3.63) is 36.5 Å². The summed E-state index contributed by atoms with van der Waals surface area (Å²) in [6.07, 6.45) is 4.28. The van der Waals surface area contributed by atoms with Gasteiger partial charge in [0.25, 0.3) is 0 Å². The predicted molar refractivity (Wildman–Crippen MR) is 96.1 cm³/mol. The lowest BCUT2D eigenvalue weighted by molar-refractivity contribution is -0.119. The van der Waals surface area contributed by atoms with E-state index in [0.29, 0.717) is 18.4 Å². The summed E-state index contributed by atoms with van der Waals surface area (Å²) in [4.78, 5) is 16.6. The number of ether oxygens (including phenoxy) is 1. The molecule has 5 nitrogen and oxygen atoms in total. The second-order valence-corrected chi connectivity index (χ2v) is 7.05. The Bertz CT molecular complexity index is 683. The number of nitrogens with zero attached hydrogens (tertiary/aromatic N) is 2. The average molecular weight is 345 g/mol. The summed E-state index contributed by atoms with van der Waals surface area (Å²) in [6, 6.07) is 10.8. The van der Waals surface area contributed by atoms with Crippen molar-refractivity contribution in [1.29, 1.82) is 0 Å². The number of amides is 1. The summed E-state index contributed by atoms with van der Waals surface area (Å²) in [5.41, 5.74) is 2.30. The van der Waals surface area contributed by atoms with E-state index in [9.17, 15) is 4.79 Å². The van der Waals surface area contributed by atoms with Crippen LogP contribution in [0, 0.1) is 0 Å². The molecule has 1 amide bonds. The van der Waals surface area contributed by atoms with Gasteiger partial charge in [0.1, 0.15) is 0 Å². The van der Waals surface area contributed by atoms with Gasteiger partial charge in [-0.25, -0.2) is 4.98 Å². The maximum atomic E-state index is 12.1. The van der Waals surface area contributed by atoms with Crippen LogP contribution in [0.3, 0.4) is 0 Å². The molecule has 1 atom stereocenters. The molecular weight excluding hydrogens is 322 g/mol. The quantitative estimate of drug-likeness (QED) is 0.747. The maximum absolute atomic E-state index is 12.1. The number of hydrogen-bond donors (Lipinski definition) is 1. The van der Waals surface area contributed by atoms with E-state index in [1.807, 2.05) is 31.3 Å². The summed E-state index contributed by atoms with van der Waals surface area (Å²) in [7, 11) is 1.63. The van der Waals surface area contributed by atoms with Crippen molar-refractivity contribution < 1.29 is 9.53 Å². The molecule has 1 fully saturated rings. The summed E-state index contributed by atoms with van der Waals surface area (Å²) in [5, 5.41) is 3.85. The molecule has 6 heteroatoms. The van der Waals surface area contributed by atoms with Crippen molar-refractivity contribution in [1.82, 2.24) is 14.9 Å². The van der Waals surface area contributed by atoms with Gasteiger partial charge in [0.15, 0.2) is 5.16 Å². The molecule has 128 valence electrons. The number of hydrogen-bond acceptors (Lipinski definition) is 4. The van der Waals surface area contributed by atoms with E-state index in [-0.39, 0.29) is 11.9 Å². The van der Waals surface area contributed by atoms with Gasteiger partial charge in [0, 0.05) is 19.2 Å². The van der Waals surface area contributed by atoms with E-state index in [4.69, 9.17) is 4.74 Å². The Hall–Kier alpha value is -1.79. The molecule has 2 aromatic rings. The van der Waals surface area contributed by atoms with Crippen LogP contribution in [0.1, 0.15) is 25.8 Å². The van der Waals surface area contributed by atoms with E-state index in [2.05, 4.69) is 27.0 Å². The number of aromatic nitrogens is 2. The van der Waals surface area contributed by atoms with Crippen LogP contribution in [0.4, 0.5) is 0 Å². The molecule has 1 N–H and O–H groups in total. The zero-order valence-electron chi connectivity index (χ0n) is 14.1. The minimum absolute atomic E-state index is 0.0103. The Labute approximate surface area is 146 Å². The highest BCUT2D eigenvalue weighted by Crippen LogP contribution is 2.41. The van der Waals surface area contributed by atoms with Crippen LogP contribution < -0.4 is 5.32 Å². The van der Waals surface area contributed by atoms with Crippen LogP contribution in [-0.4, -0.2) is 41.0 Å². The highest BCUT2D eigenvalue weighted by Gasteiger charge is 2.29. The van der Waals surface area contributed by atoms with Gasteiger partial charge in [-0.2, -0.15) is 0 Å². The fraction of sp³-hybridized carbons (Fsp3) is 0.444. The molecule has 1 aromatic carbocycles. The first kappa shape index (κ1) is 17.0. The van der Waals surface area contributed by atoms with Crippen LogP contribution >= 0.6 is 11.8 Å². The molecule has 0 aliphatic heterocycles. The summed E-state index contributed by atoms with van der Waals surface area (Å²) in [5.74, 6) is 0.377. The van der Waals surface area contributed by atoms with Crippen LogP contribution in [-0.2, 0) is 9.53 Å². The Morgan fingerprint density at radius 2 is 2.17 bits per heavy atom. The maximum Gasteiger partial charge on any atom is 0.230 e. The molecule has 1 saturated carbocycles. The first-order valence-electron chi connectivity index (χ1n) is 8.22. The minimum Gasteiger partial charge on any atom is -0.383 e. The van der Waals surface area contributed by atoms with Gasteiger partial charge < -0.3 is 14.6 Å². The third-order valence-electron chi connectivity index (χ3n) is 3.90. The van der Waals surface area contributed by atoms with Gasteiger partial charge in [-0.1, -0.05) is 42.1 Å². The molecule has 1 heterocycles. The van der Waals surface area contributed by atoms with Gasteiger partial charge in [-0.05, 0) is 25.3 Å². The Kier molecular flexibility index (Phi) is 5.58. The van der Waals surface area contributed by atoms with Crippen molar-refractivity contribution in [2.45, 2.75) is 37.0 Å². The van der Waals surface area contributed by atoms with Gasteiger partial charge in [-0.15, -0.1) is 0 Å². The molecule has 24 heavy (non-hydrogen) atoms. The fourth-order valence-corrected chi connectivity index (χ4v) is 3.55. The lowest BCUT2D eigenvalue weighted by Gasteiger charge is -2.13. The standard InChI is InChI=1S/C18H23N3O2S/c1-13(11-23-2)20-17(22)12-24-18-19-10-16(21(18)15-8-9-15)14-6-4-3-5-7-14/h3-7,10,13,15H,8-9,11-12H2,1-2H3,(H,20,22). The third-order valence-corrected chi connectivity index (χ3v) is 4.87. The van der Waals surface area contributed by atoms with Crippen molar-refractivity contribution in [2.24, 2.45) is 0 Å². The normalized spacial score (nSPS) is 15.2. The molecule has 0 spiro atoms. The topological polar surface area (TPSA) is 56.1 Å². The molecule has 0 saturated heterocycles. The van der Waals surface area contributed by atoms with Gasteiger partial charge in [0.2, 0.25) is 5.91 Å². The van der Waals surface area contributed by atoms with E-state index in [1.165, 1.54) is 30.2 Å². The summed E-state index contributed by atoms with van der Waals surface area (Å²) < 4.78 is 7.32. The van der Waals surface area contributed by atoms with E-state index in [0.717, 1.165) is 10.9 Å². The fourth-order valence-electron chi connectivity index (χ4n) is 2.70. The van der Waals surface area contributed by atoms with E-state index < -0.39 is 0 Å². The first-order valence-corrected chi connectivity index (χ1v) is 9.21. The molecule has 1 aromatic heterocycles. The van der Waals surface area contributed by atoms with Crippen molar-refractivity contribution in [3.63, 3.8) is 0 Å². The smallest absolute Gasteiger partial charge is 0.230 e. The number of rotatable bonds is 8. The molecule has 0 bridgehead atoms. The number of benzene rings is 1. The van der Waals surface area contributed by atoms with Crippen LogP contribution in [0.25, 0.3) is 11.3 Å². The highest BCUT2D eigenvalue weighted by molar-refractivity contribution is 7.99. The third kappa shape index (κ3) is 4.19. The lowest BCUT2D eigenvalue weighted by atomic mass is 10.2. The van der Waals surface area contributed by atoms with E-state index >= 15 is 0 Å². The van der Waals surface area contributed by atoms with Crippen molar-refractivity contribution in [2.75, 3.05) is 19.5 Å². The van der Waals surface area contributed by atoms with E-state index in [1.54, 1.807) is 7.11 Å². The molecule has 1 aliphatic rings. The number of carbonyl (C=O) groups excluding carboxylic acids is 1. The summed E-state index contributed by atoms with van der Waals surface area (Å²) in [6.45, 7) is 2.45. The SMILES string of the molecule is COCC(C)NC(=O)CSc1ncc(-c2ccccc2)n1C1CC1. The number of carbonyl (C=O) groups is 1. The van der Waals surface area contributed by atoms with Gasteiger partial charge >= 0.3 is 0 Å². The minimum atomic E-state index is 0.0103. The molecule has 1 aliphatic carbocycles. The van der Waals surface area contributed by atoms with Gasteiger partial charge in [0.05, 0.1) is 24.3 Å². The Balaban J connectivity index is 1.68. The number of nitrogens with one attached hydrogen (secondary N) is 1. The van der Waals surface area contributed by atoms with Gasteiger partial charge in [-0.3, -0.25) is 4.79 Å². The van der Waals surface area contributed by atoms with Crippen molar-refractivity contribution >= 4 is 17.7 Å². The van der Waals surface area contributed by atoms with Crippen LogP contribution in [0.15, 0.2) is 41.7 Å².